The molecule has 24 heavy (non-hydrogen) atoms. The zero-order chi connectivity index (χ0) is 17.3. The zero-order valence-corrected chi connectivity index (χ0v) is 14.8. The Labute approximate surface area is 141 Å². The molecule has 0 spiro atoms. The maximum absolute atomic E-state index is 12.9. The van der Waals surface area contributed by atoms with Crippen LogP contribution in [0, 0.1) is 6.92 Å². The fourth-order valence-corrected chi connectivity index (χ4v) is 4.03. The molecule has 7 heteroatoms. The summed E-state index contributed by atoms with van der Waals surface area (Å²) in [6.07, 6.45) is 3.32. The molecule has 0 amide bonds. The summed E-state index contributed by atoms with van der Waals surface area (Å²) in [6.45, 7) is 4.56. The van der Waals surface area contributed by atoms with E-state index in [9.17, 15) is 8.42 Å². The Balaban J connectivity index is 1.96. The van der Waals surface area contributed by atoms with Crippen molar-refractivity contribution in [2.45, 2.75) is 31.8 Å². The average Bonchev–Trinajstić information content (AvgIpc) is 2.97. The van der Waals surface area contributed by atoms with E-state index in [4.69, 9.17) is 0 Å². The monoisotopic (exact) mass is 344 g/mol. The lowest BCUT2D eigenvalue weighted by atomic mass is 10.1. The van der Waals surface area contributed by atoms with Crippen molar-refractivity contribution in [1.29, 1.82) is 0 Å². The first kappa shape index (κ1) is 16.6. The van der Waals surface area contributed by atoms with Crippen LogP contribution in [-0.2, 0) is 23.1 Å². The Morgan fingerprint density at radius 2 is 2.00 bits per heavy atom. The zero-order valence-electron chi connectivity index (χ0n) is 14.0. The maximum Gasteiger partial charge on any atom is 0.246 e. The number of nitrogens with zero attached hydrogens (tertiary/aromatic N) is 4. The predicted octanol–water partition coefficient (Wildman–Crippen LogP) is 2.58. The van der Waals surface area contributed by atoms with Gasteiger partial charge in [-0.1, -0.05) is 18.2 Å². The highest BCUT2D eigenvalue weighted by Crippen LogP contribution is 2.23. The summed E-state index contributed by atoms with van der Waals surface area (Å²) in [7, 11) is -2.01. The van der Waals surface area contributed by atoms with Gasteiger partial charge in [0.25, 0.3) is 0 Å². The molecule has 126 valence electrons. The number of hydrogen-bond acceptors (Lipinski definition) is 4. The first-order chi connectivity index (χ1) is 11.4. The summed E-state index contributed by atoms with van der Waals surface area (Å²) in [4.78, 5) is 4.57. The smallest absolute Gasteiger partial charge is 0.246 e. The molecule has 6 nitrogen and oxygen atoms in total. The quantitative estimate of drug-likeness (QED) is 0.713. The summed E-state index contributed by atoms with van der Waals surface area (Å²) in [5, 5.41) is 5.20. The molecule has 0 radical (unpaired) electrons. The number of fused-ring (bicyclic) bond motifs is 1. The lowest BCUT2D eigenvalue weighted by Crippen LogP contribution is -2.26. The van der Waals surface area contributed by atoms with Gasteiger partial charge in [0.1, 0.15) is 4.90 Å². The van der Waals surface area contributed by atoms with Crippen molar-refractivity contribution >= 4 is 20.9 Å². The van der Waals surface area contributed by atoms with Crippen LogP contribution in [0.3, 0.4) is 0 Å². The van der Waals surface area contributed by atoms with Crippen molar-refractivity contribution in [2.75, 3.05) is 7.05 Å². The van der Waals surface area contributed by atoms with Gasteiger partial charge in [0.05, 0.1) is 11.2 Å². The molecule has 0 aliphatic carbocycles. The van der Waals surface area contributed by atoms with Gasteiger partial charge in [-0.25, -0.2) is 8.42 Å². The number of benzene rings is 1. The van der Waals surface area contributed by atoms with Gasteiger partial charge in [0.15, 0.2) is 0 Å². The third-order valence-corrected chi connectivity index (χ3v) is 5.95. The van der Waals surface area contributed by atoms with Crippen LogP contribution in [-0.4, -0.2) is 34.5 Å². The summed E-state index contributed by atoms with van der Waals surface area (Å²) in [5.74, 6) is 0. The molecule has 0 unspecified atom stereocenters. The summed E-state index contributed by atoms with van der Waals surface area (Å²) >= 11 is 0. The second kappa shape index (κ2) is 6.33. The number of pyridine rings is 1. The van der Waals surface area contributed by atoms with Gasteiger partial charge in [0.2, 0.25) is 10.0 Å². The third kappa shape index (κ3) is 2.92. The Morgan fingerprint density at radius 3 is 2.71 bits per heavy atom. The second-order valence-corrected chi connectivity index (χ2v) is 7.70. The van der Waals surface area contributed by atoms with Crippen molar-refractivity contribution in [1.82, 2.24) is 19.1 Å². The second-order valence-electron chi connectivity index (χ2n) is 5.68. The third-order valence-electron chi connectivity index (χ3n) is 4.04. The van der Waals surface area contributed by atoms with Crippen molar-refractivity contribution < 1.29 is 8.42 Å². The molecule has 0 aliphatic rings. The summed E-state index contributed by atoms with van der Waals surface area (Å²) in [5.41, 5.74) is 2.30. The molecule has 0 aliphatic heterocycles. The molecule has 0 saturated heterocycles. The predicted molar refractivity (Wildman–Crippen MR) is 93.0 cm³/mol. The average molecular weight is 344 g/mol. The molecule has 2 heterocycles. The number of hydrogen-bond donors (Lipinski definition) is 0. The number of aromatic nitrogens is 3. The van der Waals surface area contributed by atoms with E-state index in [-0.39, 0.29) is 11.4 Å². The fourth-order valence-electron chi connectivity index (χ4n) is 2.71. The Hall–Kier alpha value is -2.25. The highest BCUT2D eigenvalue weighted by Gasteiger charge is 2.25. The summed E-state index contributed by atoms with van der Waals surface area (Å²) in [6, 6.07) is 9.56. The van der Waals surface area contributed by atoms with Crippen molar-refractivity contribution in [2.24, 2.45) is 0 Å². The SMILES string of the molecule is CCn1cc(S(=O)(=O)N(C)Cc2cccc3ncccc23)c(C)n1. The lowest BCUT2D eigenvalue weighted by Gasteiger charge is -2.17. The Morgan fingerprint density at radius 1 is 1.21 bits per heavy atom. The van der Waals surface area contributed by atoms with Gasteiger partial charge in [0, 0.05) is 37.9 Å². The van der Waals surface area contributed by atoms with Gasteiger partial charge < -0.3 is 0 Å². The highest BCUT2D eigenvalue weighted by atomic mass is 32.2. The fraction of sp³-hybridized carbons (Fsp3) is 0.294. The largest absolute Gasteiger partial charge is 0.271 e. The van der Waals surface area contributed by atoms with Crippen LogP contribution < -0.4 is 0 Å². The molecule has 0 fully saturated rings. The molecule has 0 saturated carbocycles. The maximum atomic E-state index is 12.9. The molecular formula is C17H20N4O2S. The van der Waals surface area contributed by atoms with Crippen LogP contribution in [0.4, 0.5) is 0 Å². The number of sulfonamides is 1. The van der Waals surface area contributed by atoms with E-state index in [0.29, 0.717) is 12.2 Å². The van der Waals surface area contributed by atoms with Crippen LogP contribution in [0.2, 0.25) is 0 Å². The van der Waals surface area contributed by atoms with Crippen molar-refractivity contribution in [3.8, 4) is 0 Å². The van der Waals surface area contributed by atoms with Gasteiger partial charge in [-0.2, -0.15) is 9.40 Å². The first-order valence-electron chi connectivity index (χ1n) is 7.76. The van der Waals surface area contributed by atoms with Crippen LogP contribution in [0.1, 0.15) is 18.2 Å². The van der Waals surface area contributed by atoms with E-state index in [0.717, 1.165) is 16.5 Å². The standard InChI is InChI=1S/C17H20N4O2S/c1-4-21-12-17(13(2)19-21)24(22,23)20(3)11-14-7-5-9-16-15(14)8-6-10-18-16/h5-10,12H,4,11H2,1-3H3. The van der Waals surface area contributed by atoms with E-state index in [2.05, 4.69) is 10.1 Å². The minimum absolute atomic E-state index is 0.255. The highest BCUT2D eigenvalue weighted by molar-refractivity contribution is 7.89. The molecule has 3 rings (SSSR count). The first-order valence-corrected chi connectivity index (χ1v) is 9.20. The minimum atomic E-state index is -3.60. The van der Waals surface area contributed by atoms with Gasteiger partial charge in [-0.3, -0.25) is 9.67 Å². The normalized spacial score (nSPS) is 12.2. The van der Waals surface area contributed by atoms with E-state index < -0.39 is 10.0 Å². The van der Waals surface area contributed by atoms with Gasteiger partial charge in [-0.05, 0) is 31.5 Å². The molecule has 1 aromatic carbocycles. The molecule has 0 atom stereocenters. The van der Waals surface area contributed by atoms with Gasteiger partial charge in [-0.15, -0.1) is 0 Å². The van der Waals surface area contributed by atoms with E-state index >= 15 is 0 Å². The van der Waals surface area contributed by atoms with E-state index in [1.165, 1.54) is 4.31 Å². The van der Waals surface area contributed by atoms with Gasteiger partial charge >= 0.3 is 0 Å². The van der Waals surface area contributed by atoms with Crippen LogP contribution >= 0.6 is 0 Å². The minimum Gasteiger partial charge on any atom is -0.271 e. The Bertz CT molecular complexity index is 974. The van der Waals surface area contributed by atoms with Crippen LogP contribution in [0.25, 0.3) is 10.9 Å². The lowest BCUT2D eigenvalue weighted by molar-refractivity contribution is 0.467. The van der Waals surface area contributed by atoms with E-state index in [1.807, 2.05) is 37.3 Å². The number of aryl methyl sites for hydroxylation is 2. The van der Waals surface area contributed by atoms with Crippen LogP contribution in [0.5, 0.6) is 0 Å². The van der Waals surface area contributed by atoms with E-state index in [1.54, 1.807) is 31.0 Å². The molecule has 2 aromatic heterocycles. The summed E-state index contributed by atoms with van der Waals surface area (Å²) < 4.78 is 28.8. The van der Waals surface area contributed by atoms with Crippen molar-refractivity contribution in [3.05, 3.63) is 54.0 Å². The molecule has 0 N–H and O–H groups in total. The molecule has 3 aromatic rings. The van der Waals surface area contributed by atoms with Crippen molar-refractivity contribution in [3.63, 3.8) is 0 Å². The van der Waals surface area contributed by atoms with Crippen LogP contribution in [0.15, 0.2) is 47.6 Å². The molecular weight excluding hydrogens is 324 g/mol. The Kier molecular flexibility index (Phi) is 4.38. The topological polar surface area (TPSA) is 68.1 Å². The molecule has 0 bridgehead atoms. The number of rotatable bonds is 5.